The fourth-order valence-corrected chi connectivity index (χ4v) is 3.37. The smallest absolute Gasteiger partial charge is 0.127 e. The lowest BCUT2D eigenvalue weighted by Gasteiger charge is -2.38. The van der Waals surface area contributed by atoms with Crippen molar-refractivity contribution in [1.29, 1.82) is 5.26 Å². The van der Waals surface area contributed by atoms with Gasteiger partial charge in [0.2, 0.25) is 0 Å². The van der Waals surface area contributed by atoms with Crippen LogP contribution in [0.2, 0.25) is 0 Å². The maximum Gasteiger partial charge on any atom is 0.127 e. The summed E-state index contributed by atoms with van der Waals surface area (Å²) < 4.78 is 1.21. The third-order valence-corrected chi connectivity index (χ3v) is 5.12. The molecule has 1 saturated heterocycles. The van der Waals surface area contributed by atoms with Gasteiger partial charge in [0.15, 0.2) is 0 Å². The van der Waals surface area contributed by atoms with Crippen molar-refractivity contribution in [3.8, 4) is 6.07 Å². The minimum Gasteiger partial charge on any atom is -0.367 e. The number of hydrogen-bond acceptors (Lipinski definition) is 3. The Bertz CT molecular complexity index is 668. The van der Waals surface area contributed by atoms with Gasteiger partial charge in [-0.1, -0.05) is 30.3 Å². The molecule has 3 nitrogen and oxygen atoms in total. The van der Waals surface area contributed by atoms with E-state index < -0.39 is 5.54 Å². The highest BCUT2D eigenvalue weighted by Gasteiger charge is 2.34. The van der Waals surface area contributed by atoms with Gasteiger partial charge in [0, 0.05) is 28.9 Å². The third kappa shape index (κ3) is 4.24. The van der Waals surface area contributed by atoms with Crippen LogP contribution < -0.4 is 5.32 Å². The summed E-state index contributed by atoms with van der Waals surface area (Å²) in [7, 11) is 0. The Kier molecular flexibility index (Phi) is 5.19. The molecule has 0 amide bonds. The number of halogens is 1. The monoisotopic (exact) mass is 417 g/mol. The van der Waals surface area contributed by atoms with Gasteiger partial charge in [0.05, 0.1) is 6.07 Å². The van der Waals surface area contributed by atoms with Gasteiger partial charge in [-0.3, -0.25) is 4.90 Å². The quantitative estimate of drug-likeness (QED) is 0.756. The molecule has 0 aromatic heterocycles. The maximum absolute atomic E-state index is 9.70. The largest absolute Gasteiger partial charge is 0.367 e. The first-order valence-corrected chi connectivity index (χ1v) is 8.98. The van der Waals surface area contributed by atoms with Gasteiger partial charge >= 0.3 is 0 Å². The lowest BCUT2D eigenvalue weighted by molar-refractivity contribution is 0.189. The lowest BCUT2D eigenvalue weighted by atomic mass is 9.88. The van der Waals surface area contributed by atoms with Crippen LogP contribution in [0.4, 0.5) is 5.69 Å². The molecule has 23 heavy (non-hydrogen) atoms. The third-order valence-electron chi connectivity index (χ3n) is 4.40. The molecule has 0 atom stereocenters. The van der Waals surface area contributed by atoms with E-state index in [-0.39, 0.29) is 0 Å². The Hall–Kier alpha value is -1.58. The number of nitriles is 1. The summed E-state index contributed by atoms with van der Waals surface area (Å²) >= 11 is 2.29. The molecular formula is C19H20IN3. The summed E-state index contributed by atoms with van der Waals surface area (Å²) in [5.41, 5.74) is 1.92. The summed E-state index contributed by atoms with van der Waals surface area (Å²) in [5.74, 6) is 0. The Morgan fingerprint density at radius 3 is 2.30 bits per heavy atom. The Balaban J connectivity index is 1.61. The number of likely N-dealkylation sites (tertiary alicyclic amines) is 1. The molecule has 1 aliphatic rings. The standard InChI is InChI=1S/C19H20IN3/c20-17-6-8-18(9-7-17)22-19(15-21)10-12-23(13-11-19)14-16-4-2-1-3-5-16/h1-9,22H,10-14H2. The first-order valence-electron chi connectivity index (χ1n) is 7.90. The second-order valence-electron chi connectivity index (χ2n) is 6.09. The zero-order chi connectivity index (χ0) is 16.1. The van der Waals surface area contributed by atoms with E-state index in [0.717, 1.165) is 38.2 Å². The van der Waals surface area contributed by atoms with Crippen molar-refractivity contribution in [1.82, 2.24) is 4.90 Å². The first-order chi connectivity index (χ1) is 11.2. The number of nitrogens with zero attached hydrogens (tertiary/aromatic N) is 2. The summed E-state index contributed by atoms with van der Waals surface area (Å²) in [6.45, 7) is 2.85. The van der Waals surface area contributed by atoms with Crippen LogP contribution in [0.15, 0.2) is 54.6 Å². The van der Waals surface area contributed by atoms with Crippen molar-refractivity contribution in [2.24, 2.45) is 0 Å². The molecule has 4 heteroatoms. The maximum atomic E-state index is 9.70. The lowest BCUT2D eigenvalue weighted by Crippen LogP contribution is -2.48. The van der Waals surface area contributed by atoms with Crippen LogP contribution in [-0.4, -0.2) is 23.5 Å². The van der Waals surface area contributed by atoms with Gasteiger partial charge in [-0.25, -0.2) is 0 Å². The number of hydrogen-bond donors (Lipinski definition) is 1. The van der Waals surface area contributed by atoms with Crippen molar-refractivity contribution < 1.29 is 0 Å². The summed E-state index contributed by atoms with van der Waals surface area (Å²) in [6, 6.07) is 21.3. The average Bonchev–Trinajstić information content (AvgIpc) is 2.60. The molecule has 0 unspecified atom stereocenters. The molecule has 1 fully saturated rings. The highest BCUT2D eigenvalue weighted by Crippen LogP contribution is 2.27. The first kappa shape index (κ1) is 16.3. The van der Waals surface area contributed by atoms with Gasteiger partial charge in [-0.05, 0) is 65.3 Å². The van der Waals surface area contributed by atoms with Gasteiger partial charge in [-0.15, -0.1) is 0 Å². The van der Waals surface area contributed by atoms with E-state index in [0.29, 0.717) is 0 Å². The number of anilines is 1. The van der Waals surface area contributed by atoms with E-state index in [1.165, 1.54) is 9.13 Å². The average molecular weight is 417 g/mol. The predicted molar refractivity (Wildman–Crippen MR) is 102 cm³/mol. The molecule has 0 spiro atoms. The molecule has 1 heterocycles. The normalized spacial score (nSPS) is 17.4. The summed E-state index contributed by atoms with van der Waals surface area (Å²) in [6.07, 6.45) is 1.70. The summed E-state index contributed by atoms with van der Waals surface area (Å²) in [5, 5.41) is 13.2. The molecular weight excluding hydrogens is 397 g/mol. The highest BCUT2D eigenvalue weighted by molar-refractivity contribution is 14.1. The van der Waals surface area contributed by atoms with Crippen LogP contribution in [0, 0.1) is 14.9 Å². The van der Waals surface area contributed by atoms with Crippen molar-refractivity contribution in [2.75, 3.05) is 18.4 Å². The van der Waals surface area contributed by atoms with Crippen LogP contribution >= 0.6 is 22.6 Å². The number of piperidine rings is 1. The minimum atomic E-state index is -0.444. The number of benzene rings is 2. The van der Waals surface area contributed by atoms with Crippen molar-refractivity contribution in [2.45, 2.75) is 24.9 Å². The molecule has 118 valence electrons. The fourth-order valence-electron chi connectivity index (χ4n) is 3.01. The molecule has 0 saturated carbocycles. The van der Waals surface area contributed by atoms with E-state index in [2.05, 4.69) is 87.4 Å². The van der Waals surface area contributed by atoms with E-state index >= 15 is 0 Å². The van der Waals surface area contributed by atoms with Gasteiger partial charge < -0.3 is 5.32 Å². The minimum absolute atomic E-state index is 0.444. The second-order valence-corrected chi connectivity index (χ2v) is 7.33. The van der Waals surface area contributed by atoms with E-state index in [9.17, 15) is 5.26 Å². The van der Waals surface area contributed by atoms with Gasteiger partial charge in [0.25, 0.3) is 0 Å². The molecule has 0 bridgehead atoms. The molecule has 0 aliphatic carbocycles. The molecule has 2 aromatic rings. The van der Waals surface area contributed by atoms with E-state index in [1.54, 1.807) is 0 Å². The van der Waals surface area contributed by atoms with Gasteiger partial charge in [0.1, 0.15) is 5.54 Å². The number of nitrogens with one attached hydrogen (secondary N) is 1. The zero-order valence-electron chi connectivity index (χ0n) is 13.0. The Morgan fingerprint density at radius 1 is 1.04 bits per heavy atom. The van der Waals surface area contributed by atoms with Crippen LogP contribution in [0.3, 0.4) is 0 Å². The molecule has 3 rings (SSSR count). The van der Waals surface area contributed by atoms with Crippen LogP contribution in [0.25, 0.3) is 0 Å². The van der Waals surface area contributed by atoms with Gasteiger partial charge in [-0.2, -0.15) is 5.26 Å². The molecule has 2 aromatic carbocycles. The highest BCUT2D eigenvalue weighted by atomic mass is 127. The predicted octanol–water partition coefficient (Wildman–Crippen LogP) is 4.26. The fraction of sp³-hybridized carbons (Fsp3) is 0.316. The zero-order valence-corrected chi connectivity index (χ0v) is 15.2. The molecule has 1 N–H and O–H groups in total. The van der Waals surface area contributed by atoms with E-state index in [1.807, 2.05) is 6.07 Å². The van der Waals surface area contributed by atoms with Crippen LogP contribution in [0.5, 0.6) is 0 Å². The van der Waals surface area contributed by atoms with E-state index in [4.69, 9.17) is 0 Å². The van der Waals surface area contributed by atoms with Crippen LogP contribution in [-0.2, 0) is 6.54 Å². The summed E-state index contributed by atoms with van der Waals surface area (Å²) in [4.78, 5) is 2.43. The molecule has 0 radical (unpaired) electrons. The van der Waals surface area contributed by atoms with Crippen molar-refractivity contribution >= 4 is 28.3 Å². The number of rotatable bonds is 4. The molecule has 1 aliphatic heterocycles. The topological polar surface area (TPSA) is 39.1 Å². The van der Waals surface area contributed by atoms with Crippen LogP contribution in [0.1, 0.15) is 18.4 Å². The SMILES string of the molecule is N#CC1(Nc2ccc(I)cc2)CCN(Cc2ccccc2)CC1. The van der Waals surface area contributed by atoms with Crippen molar-refractivity contribution in [3.63, 3.8) is 0 Å². The Labute approximate surface area is 151 Å². The Morgan fingerprint density at radius 2 is 1.70 bits per heavy atom. The van der Waals surface area contributed by atoms with Crippen molar-refractivity contribution in [3.05, 3.63) is 63.7 Å². The second kappa shape index (κ2) is 7.33.